The third-order valence-electron chi connectivity index (χ3n) is 3.62. The molecule has 1 atom stereocenters. The zero-order valence-corrected chi connectivity index (χ0v) is 12.2. The summed E-state index contributed by atoms with van der Waals surface area (Å²) in [6.07, 6.45) is 1.81. The zero-order valence-electron chi connectivity index (χ0n) is 11.3. The van der Waals surface area contributed by atoms with E-state index in [9.17, 15) is 5.11 Å². The quantitative estimate of drug-likeness (QED) is 0.730. The summed E-state index contributed by atoms with van der Waals surface area (Å²) in [5.74, 6) is 0. The van der Waals surface area contributed by atoms with E-state index in [0.29, 0.717) is 0 Å². The highest BCUT2D eigenvalue weighted by Gasteiger charge is 2.27. The van der Waals surface area contributed by atoms with Gasteiger partial charge in [0, 0.05) is 9.75 Å². The van der Waals surface area contributed by atoms with Gasteiger partial charge in [-0.05, 0) is 41.5 Å². The van der Waals surface area contributed by atoms with Crippen LogP contribution in [-0.2, 0) is 5.60 Å². The third-order valence-corrected chi connectivity index (χ3v) is 4.91. The number of fused-ring (bicyclic) bond motifs is 1. The molecule has 0 spiro atoms. The van der Waals surface area contributed by atoms with Gasteiger partial charge in [0.2, 0.25) is 0 Å². The van der Waals surface area contributed by atoms with Crippen LogP contribution in [0, 0.1) is 0 Å². The maximum atomic E-state index is 10.9. The molecule has 0 bridgehead atoms. The molecule has 0 radical (unpaired) electrons. The molecule has 0 fully saturated rings. The van der Waals surface area contributed by atoms with Gasteiger partial charge >= 0.3 is 0 Å². The van der Waals surface area contributed by atoms with Crippen LogP contribution in [0.4, 0.5) is 0 Å². The molecule has 1 aromatic heterocycles. The monoisotopic (exact) mass is 280 g/mol. The van der Waals surface area contributed by atoms with E-state index in [1.807, 2.05) is 43.3 Å². The highest BCUT2D eigenvalue weighted by Crippen LogP contribution is 2.35. The van der Waals surface area contributed by atoms with E-state index in [1.165, 1.54) is 5.39 Å². The Balaban J connectivity index is 2.09. The Morgan fingerprint density at radius 3 is 2.50 bits per heavy atom. The number of aliphatic hydroxyl groups is 1. The first-order valence-corrected chi connectivity index (χ1v) is 7.37. The number of thiophene rings is 1. The molecule has 1 unspecified atom stereocenters. The van der Waals surface area contributed by atoms with Gasteiger partial charge in [-0.1, -0.05) is 49.1 Å². The van der Waals surface area contributed by atoms with Crippen molar-refractivity contribution in [3.8, 4) is 0 Å². The van der Waals surface area contributed by atoms with Gasteiger partial charge in [-0.15, -0.1) is 11.3 Å². The van der Waals surface area contributed by atoms with Crippen LogP contribution in [0.25, 0.3) is 16.8 Å². The van der Waals surface area contributed by atoms with E-state index in [-0.39, 0.29) is 0 Å². The second-order valence-electron chi connectivity index (χ2n) is 5.04. The van der Waals surface area contributed by atoms with Crippen molar-refractivity contribution in [2.75, 3.05) is 0 Å². The molecule has 100 valence electrons. The number of hydrogen-bond donors (Lipinski definition) is 1. The Bertz CT molecular complexity index is 768. The molecular formula is C18H16OS. The van der Waals surface area contributed by atoms with Crippen molar-refractivity contribution in [3.63, 3.8) is 0 Å². The third kappa shape index (κ3) is 2.17. The van der Waals surface area contributed by atoms with E-state index in [1.54, 1.807) is 11.3 Å². The summed E-state index contributed by atoms with van der Waals surface area (Å²) in [6, 6.07) is 18.3. The molecule has 0 aliphatic rings. The predicted molar refractivity (Wildman–Crippen MR) is 87.0 cm³/mol. The largest absolute Gasteiger partial charge is 0.380 e. The molecule has 1 heterocycles. The minimum Gasteiger partial charge on any atom is -0.380 e. The molecule has 2 aromatic carbocycles. The Labute approximate surface area is 122 Å². The van der Waals surface area contributed by atoms with Crippen LogP contribution >= 0.6 is 11.3 Å². The first kappa shape index (κ1) is 13.1. The van der Waals surface area contributed by atoms with E-state index in [2.05, 4.69) is 30.8 Å². The van der Waals surface area contributed by atoms with Crippen LogP contribution in [0.3, 0.4) is 0 Å². The van der Waals surface area contributed by atoms with Crippen molar-refractivity contribution in [2.45, 2.75) is 12.5 Å². The normalized spacial score (nSPS) is 14.1. The lowest BCUT2D eigenvalue weighted by atomic mass is 9.92. The van der Waals surface area contributed by atoms with Gasteiger partial charge in [0.1, 0.15) is 5.60 Å². The summed E-state index contributed by atoms with van der Waals surface area (Å²) in [5.41, 5.74) is -0.0654. The van der Waals surface area contributed by atoms with Crippen molar-refractivity contribution in [1.82, 2.24) is 0 Å². The summed E-state index contributed by atoms with van der Waals surface area (Å²) < 4.78 is 0. The van der Waals surface area contributed by atoms with Gasteiger partial charge in [0.05, 0.1) is 0 Å². The SMILES string of the molecule is C=Cc1ccc(C(C)(O)c2ccc3ccccc3c2)s1. The van der Waals surface area contributed by atoms with E-state index in [0.717, 1.165) is 20.7 Å². The van der Waals surface area contributed by atoms with Gasteiger partial charge in [0.25, 0.3) is 0 Å². The van der Waals surface area contributed by atoms with E-state index in [4.69, 9.17) is 0 Å². The molecule has 0 aliphatic heterocycles. The number of benzene rings is 2. The van der Waals surface area contributed by atoms with Crippen molar-refractivity contribution in [2.24, 2.45) is 0 Å². The van der Waals surface area contributed by atoms with Gasteiger partial charge < -0.3 is 5.11 Å². The Kier molecular flexibility index (Phi) is 3.20. The van der Waals surface area contributed by atoms with Gasteiger partial charge in [-0.2, -0.15) is 0 Å². The molecule has 0 amide bonds. The molecule has 3 aromatic rings. The number of hydrogen-bond acceptors (Lipinski definition) is 2. The standard InChI is InChI=1S/C18H16OS/c1-3-16-10-11-17(20-16)18(2,19)15-9-8-13-6-4-5-7-14(13)12-15/h3-12,19H,1H2,2H3. The molecule has 2 heteroatoms. The second-order valence-corrected chi connectivity index (χ2v) is 6.16. The predicted octanol–water partition coefficient (Wildman–Crippen LogP) is 4.80. The minimum absolute atomic E-state index is 0.911. The summed E-state index contributed by atoms with van der Waals surface area (Å²) in [6.45, 7) is 5.61. The van der Waals surface area contributed by atoms with Gasteiger partial charge in [0.15, 0.2) is 0 Å². The first-order chi connectivity index (χ1) is 9.61. The molecule has 0 aliphatic carbocycles. The smallest absolute Gasteiger partial charge is 0.121 e. The zero-order chi connectivity index (χ0) is 14.2. The van der Waals surface area contributed by atoms with Crippen LogP contribution in [0.15, 0.2) is 61.2 Å². The molecule has 20 heavy (non-hydrogen) atoms. The van der Waals surface area contributed by atoms with Crippen molar-refractivity contribution in [3.05, 3.63) is 76.5 Å². The molecule has 3 rings (SSSR count). The Morgan fingerprint density at radius 2 is 1.80 bits per heavy atom. The molecule has 0 saturated heterocycles. The minimum atomic E-state index is -0.976. The van der Waals surface area contributed by atoms with E-state index >= 15 is 0 Å². The maximum absolute atomic E-state index is 10.9. The van der Waals surface area contributed by atoms with Crippen molar-refractivity contribution in [1.29, 1.82) is 0 Å². The fourth-order valence-corrected chi connectivity index (χ4v) is 3.28. The fraction of sp³-hybridized carbons (Fsp3) is 0.111. The highest BCUT2D eigenvalue weighted by molar-refractivity contribution is 7.13. The van der Waals surface area contributed by atoms with Crippen molar-refractivity contribution >= 4 is 28.2 Å². The van der Waals surface area contributed by atoms with E-state index < -0.39 is 5.60 Å². The molecule has 0 saturated carbocycles. The van der Waals surface area contributed by atoms with Crippen molar-refractivity contribution < 1.29 is 5.11 Å². The lowest BCUT2D eigenvalue weighted by Crippen LogP contribution is -2.21. The molecule has 1 N–H and O–H groups in total. The summed E-state index contributed by atoms with van der Waals surface area (Å²) in [7, 11) is 0. The Morgan fingerprint density at radius 1 is 1.05 bits per heavy atom. The highest BCUT2D eigenvalue weighted by atomic mass is 32.1. The Hall–Kier alpha value is -1.90. The lowest BCUT2D eigenvalue weighted by Gasteiger charge is -2.23. The van der Waals surface area contributed by atoms with Crippen LogP contribution in [0.1, 0.15) is 22.2 Å². The topological polar surface area (TPSA) is 20.2 Å². The average Bonchev–Trinajstić information content (AvgIpc) is 2.96. The van der Waals surface area contributed by atoms with Gasteiger partial charge in [-0.3, -0.25) is 0 Å². The summed E-state index contributed by atoms with van der Waals surface area (Å²) in [5, 5.41) is 13.2. The van der Waals surface area contributed by atoms with Crippen LogP contribution < -0.4 is 0 Å². The lowest BCUT2D eigenvalue weighted by molar-refractivity contribution is 0.106. The first-order valence-electron chi connectivity index (χ1n) is 6.55. The second kappa shape index (κ2) is 4.89. The average molecular weight is 280 g/mol. The number of rotatable bonds is 3. The molecule has 1 nitrogen and oxygen atoms in total. The summed E-state index contributed by atoms with van der Waals surface area (Å²) >= 11 is 1.57. The van der Waals surface area contributed by atoms with Crippen LogP contribution in [-0.4, -0.2) is 5.11 Å². The van der Waals surface area contributed by atoms with Gasteiger partial charge in [-0.25, -0.2) is 0 Å². The molecular weight excluding hydrogens is 264 g/mol. The van der Waals surface area contributed by atoms with Crippen LogP contribution in [0.2, 0.25) is 0 Å². The summed E-state index contributed by atoms with van der Waals surface area (Å²) in [4.78, 5) is 2.00. The fourth-order valence-electron chi connectivity index (χ4n) is 2.36. The van der Waals surface area contributed by atoms with Crippen LogP contribution in [0.5, 0.6) is 0 Å². The maximum Gasteiger partial charge on any atom is 0.121 e.